The Bertz CT molecular complexity index is 687. The Labute approximate surface area is 131 Å². The van der Waals surface area contributed by atoms with Gasteiger partial charge in [0.2, 0.25) is 0 Å². The molecule has 2 aromatic carbocycles. The van der Waals surface area contributed by atoms with Crippen LogP contribution in [0.4, 0.5) is 10.5 Å². The third-order valence-electron chi connectivity index (χ3n) is 2.53. The van der Waals surface area contributed by atoms with Crippen LogP contribution in [0.25, 0.3) is 0 Å². The molecule has 2 amide bonds. The molecule has 0 bridgehead atoms. The molecule has 3 N–H and O–H groups in total. The zero-order valence-corrected chi connectivity index (χ0v) is 12.7. The second kappa shape index (κ2) is 7.36. The number of para-hydroxylation sites is 1. The molecule has 2 rings (SSSR count). The lowest BCUT2D eigenvalue weighted by atomic mass is 10.2. The van der Waals surface area contributed by atoms with Crippen molar-refractivity contribution in [2.45, 2.75) is 0 Å². The monoisotopic (exact) mass is 344 g/mol. The number of primary amides is 1. The number of urea groups is 1. The van der Waals surface area contributed by atoms with Crippen molar-refractivity contribution in [3.63, 3.8) is 0 Å². The number of benzene rings is 2. The standard InChI is InChI=1S/C16H13BrN2O2/c17-13-7-9-14(10-8-13)21-11-3-5-12-4-1-2-6-15(12)19-16(18)20/h1-2,4,6-10H,11H2,(H3,18,19,20). The van der Waals surface area contributed by atoms with Gasteiger partial charge in [0.05, 0.1) is 5.69 Å². The second-order valence-corrected chi connectivity index (χ2v) is 4.99. The van der Waals surface area contributed by atoms with Gasteiger partial charge in [-0.2, -0.15) is 0 Å². The van der Waals surface area contributed by atoms with E-state index in [1.165, 1.54) is 0 Å². The topological polar surface area (TPSA) is 64.4 Å². The number of hydrogen-bond donors (Lipinski definition) is 2. The first-order chi connectivity index (χ1) is 10.1. The maximum absolute atomic E-state index is 10.9. The van der Waals surface area contributed by atoms with Crippen molar-refractivity contribution in [1.82, 2.24) is 0 Å². The Morgan fingerprint density at radius 1 is 1.19 bits per heavy atom. The molecule has 0 saturated carbocycles. The molecule has 0 radical (unpaired) electrons. The molecule has 0 aliphatic carbocycles. The third kappa shape index (κ3) is 4.86. The van der Waals surface area contributed by atoms with Crippen molar-refractivity contribution in [3.05, 3.63) is 58.6 Å². The van der Waals surface area contributed by atoms with E-state index < -0.39 is 6.03 Å². The van der Waals surface area contributed by atoms with E-state index in [2.05, 4.69) is 33.1 Å². The number of hydrogen-bond acceptors (Lipinski definition) is 2. The van der Waals surface area contributed by atoms with Crippen molar-refractivity contribution in [1.29, 1.82) is 0 Å². The van der Waals surface area contributed by atoms with Gasteiger partial charge >= 0.3 is 6.03 Å². The fraction of sp³-hybridized carbons (Fsp3) is 0.0625. The highest BCUT2D eigenvalue weighted by atomic mass is 79.9. The van der Waals surface area contributed by atoms with Gasteiger partial charge in [0.1, 0.15) is 12.4 Å². The average molecular weight is 345 g/mol. The van der Waals surface area contributed by atoms with E-state index >= 15 is 0 Å². The van der Waals surface area contributed by atoms with Crippen LogP contribution < -0.4 is 15.8 Å². The predicted molar refractivity (Wildman–Crippen MR) is 86.2 cm³/mol. The number of ether oxygens (including phenoxy) is 1. The molecule has 0 saturated heterocycles. The van der Waals surface area contributed by atoms with Crippen LogP contribution in [0.5, 0.6) is 5.75 Å². The lowest BCUT2D eigenvalue weighted by Crippen LogP contribution is -2.19. The molecule has 0 unspecified atom stereocenters. The first-order valence-corrected chi connectivity index (χ1v) is 6.97. The normalized spacial score (nSPS) is 9.38. The first-order valence-electron chi connectivity index (χ1n) is 6.18. The van der Waals surface area contributed by atoms with Gasteiger partial charge in [-0.15, -0.1) is 0 Å². The molecule has 21 heavy (non-hydrogen) atoms. The average Bonchev–Trinajstić information content (AvgIpc) is 2.46. The molecule has 0 aliphatic heterocycles. The second-order valence-electron chi connectivity index (χ2n) is 4.08. The Kier molecular flexibility index (Phi) is 5.24. The van der Waals surface area contributed by atoms with Gasteiger partial charge in [-0.3, -0.25) is 0 Å². The fourth-order valence-electron chi connectivity index (χ4n) is 1.62. The van der Waals surface area contributed by atoms with E-state index in [9.17, 15) is 4.79 Å². The molecular weight excluding hydrogens is 332 g/mol. The Hall–Kier alpha value is -2.45. The van der Waals surface area contributed by atoms with Gasteiger partial charge in [-0.25, -0.2) is 4.79 Å². The zero-order chi connectivity index (χ0) is 15.1. The summed E-state index contributed by atoms with van der Waals surface area (Å²) in [6.45, 7) is 0.256. The minimum Gasteiger partial charge on any atom is -0.481 e. The smallest absolute Gasteiger partial charge is 0.316 e. The van der Waals surface area contributed by atoms with E-state index in [4.69, 9.17) is 10.5 Å². The molecule has 0 spiro atoms. The minimum absolute atomic E-state index is 0.256. The van der Waals surface area contributed by atoms with Crippen LogP contribution in [0.15, 0.2) is 53.0 Å². The van der Waals surface area contributed by atoms with Crippen LogP contribution >= 0.6 is 15.9 Å². The molecule has 5 heteroatoms. The highest BCUT2D eigenvalue weighted by Gasteiger charge is 2.00. The molecule has 0 aromatic heterocycles. The van der Waals surface area contributed by atoms with Gasteiger partial charge in [0, 0.05) is 10.0 Å². The maximum atomic E-state index is 10.9. The molecule has 4 nitrogen and oxygen atoms in total. The summed E-state index contributed by atoms with van der Waals surface area (Å²) in [7, 11) is 0. The molecule has 2 aromatic rings. The summed E-state index contributed by atoms with van der Waals surface area (Å²) in [5, 5.41) is 2.53. The van der Waals surface area contributed by atoms with Crippen LogP contribution in [-0.2, 0) is 0 Å². The molecule has 0 atom stereocenters. The van der Waals surface area contributed by atoms with E-state index in [1.54, 1.807) is 18.2 Å². The van der Waals surface area contributed by atoms with Gasteiger partial charge in [0.25, 0.3) is 0 Å². The largest absolute Gasteiger partial charge is 0.481 e. The molecule has 0 fully saturated rings. The third-order valence-corrected chi connectivity index (χ3v) is 3.06. The van der Waals surface area contributed by atoms with Crippen LogP contribution in [0, 0.1) is 11.8 Å². The van der Waals surface area contributed by atoms with Crippen molar-refractivity contribution < 1.29 is 9.53 Å². The SMILES string of the molecule is NC(=O)Nc1ccccc1C#CCOc1ccc(Br)cc1. The van der Waals surface area contributed by atoms with E-state index in [0.717, 1.165) is 10.2 Å². The van der Waals surface area contributed by atoms with Gasteiger partial charge < -0.3 is 15.8 Å². The maximum Gasteiger partial charge on any atom is 0.316 e. The van der Waals surface area contributed by atoms with Gasteiger partial charge in [-0.05, 0) is 36.4 Å². The highest BCUT2D eigenvalue weighted by Crippen LogP contribution is 2.16. The fourth-order valence-corrected chi connectivity index (χ4v) is 1.88. The Balaban J connectivity index is 1.99. The summed E-state index contributed by atoms with van der Waals surface area (Å²) in [4.78, 5) is 10.9. The van der Waals surface area contributed by atoms with Gasteiger partial charge in [-0.1, -0.05) is 39.9 Å². The number of anilines is 1. The quantitative estimate of drug-likeness (QED) is 0.838. The van der Waals surface area contributed by atoms with E-state index in [1.807, 2.05) is 30.3 Å². The highest BCUT2D eigenvalue weighted by molar-refractivity contribution is 9.10. The van der Waals surface area contributed by atoms with Crippen LogP contribution in [0.3, 0.4) is 0 Å². The Morgan fingerprint density at radius 3 is 2.62 bits per heavy atom. The first kappa shape index (κ1) is 14.9. The van der Waals surface area contributed by atoms with Crippen molar-refractivity contribution in [3.8, 4) is 17.6 Å². The summed E-state index contributed by atoms with van der Waals surface area (Å²) in [5.41, 5.74) is 6.38. The lowest BCUT2D eigenvalue weighted by molar-refractivity contribution is 0.259. The van der Waals surface area contributed by atoms with Crippen LogP contribution in [0.1, 0.15) is 5.56 Å². The summed E-state index contributed by atoms with van der Waals surface area (Å²) < 4.78 is 6.49. The number of nitrogens with one attached hydrogen (secondary N) is 1. The van der Waals surface area contributed by atoms with Crippen LogP contribution in [0.2, 0.25) is 0 Å². The molecule has 106 valence electrons. The number of carbonyl (C=O) groups excluding carboxylic acids is 1. The number of rotatable bonds is 3. The number of nitrogens with two attached hydrogens (primary N) is 1. The lowest BCUT2D eigenvalue weighted by Gasteiger charge is -2.04. The number of amides is 2. The minimum atomic E-state index is -0.615. The number of carbonyl (C=O) groups is 1. The summed E-state index contributed by atoms with van der Waals surface area (Å²) in [5.74, 6) is 6.59. The number of halogens is 1. The van der Waals surface area contributed by atoms with Crippen molar-refractivity contribution in [2.75, 3.05) is 11.9 Å². The molecule has 0 heterocycles. The summed E-state index contributed by atoms with van der Waals surface area (Å²) >= 11 is 3.36. The molecule has 0 aliphatic rings. The molecular formula is C16H13BrN2O2. The predicted octanol–water partition coefficient (Wildman–Crippen LogP) is 3.37. The zero-order valence-electron chi connectivity index (χ0n) is 11.1. The summed E-state index contributed by atoms with van der Waals surface area (Å²) in [6, 6.07) is 14.1. The Morgan fingerprint density at radius 2 is 1.90 bits per heavy atom. The summed E-state index contributed by atoms with van der Waals surface area (Å²) in [6.07, 6.45) is 0. The van der Waals surface area contributed by atoms with E-state index in [-0.39, 0.29) is 6.61 Å². The van der Waals surface area contributed by atoms with E-state index in [0.29, 0.717) is 11.3 Å². The van der Waals surface area contributed by atoms with Crippen molar-refractivity contribution >= 4 is 27.6 Å². The van der Waals surface area contributed by atoms with Crippen LogP contribution in [-0.4, -0.2) is 12.6 Å². The van der Waals surface area contributed by atoms with Gasteiger partial charge in [0.15, 0.2) is 0 Å². The van der Waals surface area contributed by atoms with Crippen molar-refractivity contribution in [2.24, 2.45) is 5.73 Å².